The van der Waals surface area contributed by atoms with Crippen molar-refractivity contribution in [3.8, 4) is 0 Å². The fourth-order valence-corrected chi connectivity index (χ4v) is 3.27. The second-order valence-corrected chi connectivity index (χ2v) is 5.94. The summed E-state index contributed by atoms with van der Waals surface area (Å²) in [5.74, 6) is -0.914. The number of oxazole rings is 1. The Bertz CT molecular complexity index is 972. The summed E-state index contributed by atoms with van der Waals surface area (Å²) in [6.07, 6.45) is -0.153. The molecule has 0 fully saturated rings. The highest BCUT2D eigenvalue weighted by Gasteiger charge is 2.32. The summed E-state index contributed by atoms with van der Waals surface area (Å²) in [5, 5.41) is 13.0. The van der Waals surface area contributed by atoms with Crippen LogP contribution in [0.5, 0.6) is 0 Å². The van der Waals surface area contributed by atoms with E-state index in [4.69, 9.17) is 4.42 Å². The lowest BCUT2D eigenvalue weighted by Gasteiger charge is -2.18. The Balaban J connectivity index is 1.57. The van der Waals surface area contributed by atoms with Crippen LogP contribution in [0.1, 0.15) is 17.2 Å². The van der Waals surface area contributed by atoms with Crippen molar-refractivity contribution in [2.24, 2.45) is 0 Å². The number of aliphatic hydroxyl groups is 1. The van der Waals surface area contributed by atoms with Crippen LogP contribution in [0.15, 0.2) is 57.7 Å². The maximum Gasteiger partial charge on any atom is 0.420 e. The van der Waals surface area contributed by atoms with Crippen LogP contribution in [0.4, 0.5) is 0 Å². The molecule has 2 N–H and O–H groups in total. The van der Waals surface area contributed by atoms with Crippen molar-refractivity contribution in [3.05, 3.63) is 70.2 Å². The molecule has 1 aliphatic rings. The number of nitrogens with one attached hydrogen (secondary N) is 1. The Morgan fingerprint density at radius 2 is 1.96 bits per heavy atom. The Morgan fingerprint density at radius 1 is 1.21 bits per heavy atom. The molecule has 1 heterocycles. The number of amides is 1. The van der Waals surface area contributed by atoms with Gasteiger partial charge in [0.05, 0.1) is 17.7 Å². The quantitative estimate of drug-likeness (QED) is 0.762. The molecule has 0 spiro atoms. The molecule has 24 heavy (non-hydrogen) atoms. The number of para-hydroxylation sites is 2. The molecule has 0 saturated carbocycles. The van der Waals surface area contributed by atoms with Crippen LogP contribution in [0.2, 0.25) is 0 Å². The maximum absolute atomic E-state index is 12.4. The summed E-state index contributed by atoms with van der Waals surface area (Å²) in [4.78, 5) is 24.3. The molecule has 3 aromatic rings. The minimum absolute atomic E-state index is 0.152. The van der Waals surface area contributed by atoms with Crippen molar-refractivity contribution < 1.29 is 14.3 Å². The van der Waals surface area contributed by atoms with Crippen LogP contribution in [0.25, 0.3) is 11.1 Å². The lowest BCUT2D eigenvalue weighted by molar-refractivity contribution is -0.123. The van der Waals surface area contributed by atoms with Gasteiger partial charge in [0, 0.05) is 6.42 Å². The fourth-order valence-electron chi connectivity index (χ4n) is 3.27. The number of carbonyl (C=O) groups excluding carboxylic acids is 1. The van der Waals surface area contributed by atoms with Gasteiger partial charge >= 0.3 is 5.76 Å². The molecular weight excluding hydrogens is 308 g/mol. The van der Waals surface area contributed by atoms with Gasteiger partial charge in [-0.1, -0.05) is 36.4 Å². The minimum atomic E-state index is -0.663. The first kappa shape index (κ1) is 14.7. The second kappa shape index (κ2) is 5.65. The van der Waals surface area contributed by atoms with Gasteiger partial charge in [0.15, 0.2) is 5.58 Å². The van der Waals surface area contributed by atoms with Crippen LogP contribution < -0.4 is 11.1 Å². The number of hydrogen-bond acceptors (Lipinski definition) is 4. The van der Waals surface area contributed by atoms with Crippen molar-refractivity contribution in [2.75, 3.05) is 0 Å². The predicted molar refractivity (Wildman–Crippen MR) is 87.5 cm³/mol. The minimum Gasteiger partial charge on any atom is -0.408 e. The van der Waals surface area contributed by atoms with Crippen LogP contribution in [0.3, 0.4) is 0 Å². The highest BCUT2D eigenvalue weighted by molar-refractivity contribution is 5.80. The zero-order chi connectivity index (χ0) is 16.7. The zero-order valence-corrected chi connectivity index (χ0v) is 12.8. The lowest BCUT2D eigenvalue weighted by Crippen LogP contribution is -2.37. The van der Waals surface area contributed by atoms with E-state index in [1.165, 1.54) is 4.57 Å². The number of aliphatic hydroxyl groups excluding tert-OH is 1. The first-order valence-electron chi connectivity index (χ1n) is 7.77. The molecule has 0 aliphatic heterocycles. The summed E-state index contributed by atoms with van der Waals surface area (Å²) in [7, 11) is 0. The third-order valence-electron chi connectivity index (χ3n) is 4.40. The molecule has 0 saturated heterocycles. The summed E-state index contributed by atoms with van der Waals surface area (Å²) < 4.78 is 6.41. The fraction of sp³-hybridized carbons (Fsp3) is 0.222. The molecule has 0 bridgehead atoms. The number of carbonyl (C=O) groups is 1. The Morgan fingerprint density at radius 3 is 2.83 bits per heavy atom. The molecule has 2 aromatic carbocycles. The third-order valence-corrected chi connectivity index (χ3v) is 4.40. The molecule has 1 aliphatic carbocycles. The summed E-state index contributed by atoms with van der Waals surface area (Å²) >= 11 is 0. The number of rotatable bonds is 3. The Labute approximate surface area is 137 Å². The van der Waals surface area contributed by atoms with E-state index in [1.54, 1.807) is 24.3 Å². The van der Waals surface area contributed by atoms with Gasteiger partial charge in [0.25, 0.3) is 0 Å². The smallest absolute Gasteiger partial charge is 0.408 e. The molecule has 2 atom stereocenters. The van der Waals surface area contributed by atoms with Crippen LogP contribution in [-0.4, -0.2) is 21.7 Å². The normalized spacial score (nSPS) is 19.4. The topological polar surface area (TPSA) is 84.5 Å². The van der Waals surface area contributed by atoms with Gasteiger partial charge in [-0.25, -0.2) is 4.79 Å². The predicted octanol–water partition coefficient (Wildman–Crippen LogP) is 1.37. The van der Waals surface area contributed by atoms with E-state index in [-0.39, 0.29) is 12.5 Å². The lowest BCUT2D eigenvalue weighted by atomic mass is 10.1. The first-order chi connectivity index (χ1) is 11.6. The van der Waals surface area contributed by atoms with Gasteiger partial charge in [0.2, 0.25) is 5.91 Å². The van der Waals surface area contributed by atoms with Gasteiger partial charge in [-0.3, -0.25) is 9.36 Å². The number of hydrogen-bond donors (Lipinski definition) is 2. The molecule has 6 heteroatoms. The summed E-state index contributed by atoms with van der Waals surface area (Å²) in [5.41, 5.74) is 2.97. The van der Waals surface area contributed by atoms with E-state index in [0.717, 1.165) is 11.1 Å². The molecule has 1 aromatic heterocycles. The summed E-state index contributed by atoms with van der Waals surface area (Å²) in [6.45, 7) is -0.152. The van der Waals surface area contributed by atoms with Gasteiger partial charge in [-0.05, 0) is 23.3 Å². The number of nitrogens with zero attached hydrogens (tertiary/aromatic N) is 1. The second-order valence-electron chi connectivity index (χ2n) is 5.94. The highest BCUT2D eigenvalue weighted by atomic mass is 16.4. The highest BCUT2D eigenvalue weighted by Crippen LogP contribution is 2.31. The summed E-state index contributed by atoms with van der Waals surface area (Å²) in [6, 6.07) is 14.1. The van der Waals surface area contributed by atoms with Crippen molar-refractivity contribution >= 4 is 17.0 Å². The average molecular weight is 324 g/mol. The van der Waals surface area contributed by atoms with E-state index in [0.29, 0.717) is 17.5 Å². The van der Waals surface area contributed by atoms with Crippen LogP contribution >= 0.6 is 0 Å². The molecule has 0 radical (unpaired) electrons. The van der Waals surface area contributed by atoms with Crippen molar-refractivity contribution in [1.29, 1.82) is 0 Å². The van der Waals surface area contributed by atoms with Crippen molar-refractivity contribution in [1.82, 2.24) is 9.88 Å². The number of aromatic nitrogens is 1. The monoisotopic (exact) mass is 324 g/mol. The van der Waals surface area contributed by atoms with Crippen molar-refractivity contribution in [3.63, 3.8) is 0 Å². The Hall–Kier alpha value is -2.86. The standard InChI is InChI=1S/C18H16N2O4/c21-14-9-11-5-1-2-6-12(11)17(14)19-16(22)10-20-13-7-3-4-8-15(13)24-18(20)23/h1-8,14,17,21H,9-10H2,(H,19,22). The van der Waals surface area contributed by atoms with Gasteiger partial charge < -0.3 is 14.8 Å². The molecule has 122 valence electrons. The molecule has 6 nitrogen and oxygen atoms in total. The van der Waals surface area contributed by atoms with E-state index in [2.05, 4.69) is 5.32 Å². The van der Waals surface area contributed by atoms with Gasteiger partial charge in [0.1, 0.15) is 6.54 Å². The Kier molecular flexibility index (Phi) is 3.46. The van der Waals surface area contributed by atoms with Gasteiger partial charge in [-0.2, -0.15) is 0 Å². The third kappa shape index (κ3) is 2.41. The average Bonchev–Trinajstić information content (AvgIpc) is 3.05. The largest absolute Gasteiger partial charge is 0.420 e. The van der Waals surface area contributed by atoms with Crippen molar-refractivity contribution in [2.45, 2.75) is 25.1 Å². The maximum atomic E-state index is 12.4. The molecular formula is C18H16N2O4. The number of benzene rings is 2. The molecule has 2 unspecified atom stereocenters. The number of fused-ring (bicyclic) bond motifs is 2. The van der Waals surface area contributed by atoms with Crippen LogP contribution in [-0.2, 0) is 17.8 Å². The molecule has 4 rings (SSSR count). The molecule has 1 amide bonds. The van der Waals surface area contributed by atoms with E-state index >= 15 is 0 Å². The SMILES string of the molecule is O=C(Cn1c(=O)oc2ccccc21)NC1c2ccccc2CC1O. The van der Waals surface area contributed by atoms with E-state index in [1.807, 2.05) is 24.3 Å². The van der Waals surface area contributed by atoms with Crippen LogP contribution in [0, 0.1) is 0 Å². The van der Waals surface area contributed by atoms with Gasteiger partial charge in [-0.15, -0.1) is 0 Å². The van der Waals surface area contributed by atoms with E-state index < -0.39 is 17.9 Å². The zero-order valence-electron chi connectivity index (χ0n) is 12.8. The van der Waals surface area contributed by atoms with E-state index in [9.17, 15) is 14.7 Å². The first-order valence-corrected chi connectivity index (χ1v) is 7.77.